The van der Waals surface area contributed by atoms with Crippen molar-refractivity contribution >= 4 is 39.8 Å². The molecular formula is C33H35ClN6O2. The Balaban J connectivity index is 1.06. The van der Waals surface area contributed by atoms with Gasteiger partial charge in [0.2, 0.25) is 0 Å². The molecule has 3 N–H and O–H groups in total. The molecule has 7 rings (SSSR count). The summed E-state index contributed by atoms with van der Waals surface area (Å²) in [6, 6.07) is 14.1. The number of piperazine rings is 1. The van der Waals surface area contributed by atoms with Crippen LogP contribution in [0.2, 0.25) is 5.02 Å². The fourth-order valence-corrected chi connectivity index (χ4v) is 6.92. The number of aromatic amines is 1. The second-order valence-electron chi connectivity index (χ2n) is 12.0. The van der Waals surface area contributed by atoms with Crippen molar-refractivity contribution in [3.8, 4) is 11.5 Å². The van der Waals surface area contributed by atoms with Crippen LogP contribution in [0.4, 0.5) is 5.69 Å². The van der Waals surface area contributed by atoms with Gasteiger partial charge in [-0.3, -0.25) is 9.69 Å². The van der Waals surface area contributed by atoms with E-state index < -0.39 is 5.91 Å². The Morgan fingerprint density at radius 3 is 2.57 bits per heavy atom. The monoisotopic (exact) mass is 582 g/mol. The highest BCUT2D eigenvalue weighted by molar-refractivity contribution is 6.30. The van der Waals surface area contributed by atoms with Crippen molar-refractivity contribution in [2.24, 2.45) is 11.1 Å². The zero-order chi connectivity index (χ0) is 28.7. The average Bonchev–Trinajstić information content (AvgIpc) is 3.45. The van der Waals surface area contributed by atoms with Crippen molar-refractivity contribution in [1.82, 2.24) is 19.9 Å². The van der Waals surface area contributed by atoms with E-state index in [4.69, 9.17) is 22.1 Å². The maximum atomic E-state index is 12.1. The molecule has 216 valence electrons. The molecule has 3 aliphatic rings. The molecule has 9 heteroatoms. The van der Waals surface area contributed by atoms with Crippen LogP contribution in [-0.2, 0) is 0 Å². The first-order valence-electron chi connectivity index (χ1n) is 14.8. The highest BCUT2D eigenvalue weighted by Gasteiger charge is 2.40. The lowest BCUT2D eigenvalue weighted by Crippen LogP contribution is -2.47. The molecule has 1 saturated carbocycles. The minimum absolute atomic E-state index is 0.106. The summed E-state index contributed by atoms with van der Waals surface area (Å²) in [7, 11) is 0. The molecule has 4 heterocycles. The molecule has 0 radical (unpaired) electrons. The predicted molar refractivity (Wildman–Crippen MR) is 166 cm³/mol. The Bertz CT molecular complexity index is 1650. The lowest BCUT2D eigenvalue weighted by Gasteiger charge is -2.47. The number of amides is 1. The SMILES string of the molecule is NC(=O)c1ncc(N2CCN(CC3=C(c4ccc(Cl)cc4)CC4(CCC4)CC3)CC2)cc1Oc1cnc2[nH]ccc2c1. The van der Waals surface area contributed by atoms with Crippen LogP contribution in [0.1, 0.15) is 54.6 Å². The molecule has 1 saturated heterocycles. The Morgan fingerprint density at radius 2 is 1.83 bits per heavy atom. The van der Waals surface area contributed by atoms with Crippen molar-refractivity contribution in [2.75, 3.05) is 37.6 Å². The van der Waals surface area contributed by atoms with Gasteiger partial charge in [0.05, 0.1) is 18.1 Å². The van der Waals surface area contributed by atoms with Gasteiger partial charge in [-0.05, 0) is 72.9 Å². The maximum Gasteiger partial charge on any atom is 0.271 e. The van der Waals surface area contributed by atoms with E-state index in [9.17, 15) is 4.79 Å². The Morgan fingerprint density at radius 1 is 1.02 bits per heavy atom. The molecule has 3 aromatic heterocycles. The van der Waals surface area contributed by atoms with Gasteiger partial charge in [-0.2, -0.15) is 0 Å². The Hall–Kier alpha value is -3.88. The summed E-state index contributed by atoms with van der Waals surface area (Å²) in [5, 5.41) is 1.71. The quantitative estimate of drug-likeness (QED) is 0.260. The van der Waals surface area contributed by atoms with E-state index in [1.54, 1.807) is 23.5 Å². The molecule has 0 atom stereocenters. The van der Waals surface area contributed by atoms with Gasteiger partial charge in [0.1, 0.15) is 11.4 Å². The molecule has 8 nitrogen and oxygen atoms in total. The van der Waals surface area contributed by atoms with E-state index in [0.29, 0.717) is 16.9 Å². The number of nitrogens with zero attached hydrogens (tertiary/aromatic N) is 4. The molecule has 2 fully saturated rings. The Labute approximate surface area is 250 Å². The number of halogens is 1. The summed E-state index contributed by atoms with van der Waals surface area (Å²) in [6.45, 7) is 4.63. The van der Waals surface area contributed by atoms with Gasteiger partial charge in [0, 0.05) is 55.4 Å². The van der Waals surface area contributed by atoms with Crippen molar-refractivity contribution < 1.29 is 9.53 Å². The number of H-pyrrole nitrogens is 1. The topological polar surface area (TPSA) is 100 Å². The number of pyridine rings is 2. The smallest absolute Gasteiger partial charge is 0.271 e. The van der Waals surface area contributed by atoms with Crippen LogP contribution in [0.15, 0.2) is 66.6 Å². The van der Waals surface area contributed by atoms with Crippen LogP contribution in [0.3, 0.4) is 0 Å². The van der Waals surface area contributed by atoms with E-state index in [-0.39, 0.29) is 5.69 Å². The van der Waals surface area contributed by atoms with Gasteiger partial charge in [-0.1, -0.05) is 35.7 Å². The molecule has 0 bridgehead atoms. The summed E-state index contributed by atoms with van der Waals surface area (Å²) in [5.74, 6) is 0.233. The minimum atomic E-state index is -0.627. The van der Waals surface area contributed by atoms with Crippen molar-refractivity contribution in [2.45, 2.75) is 38.5 Å². The van der Waals surface area contributed by atoms with Crippen molar-refractivity contribution in [3.05, 3.63) is 82.9 Å². The third-order valence-corrected chi connectivity index (χ3v) is 9.62. The molecule has 1 spiro atoms. The number of carbonyl (C=O) groups excluding carboxylic acids is 1. The minimum Gasteiger partial charge on any atom is -0.453 e. The standard InChI is InChI=1S/C33H35ClN6O2/c34-25-4-2-22(3-5-25)28-18-33(8-1-9-33)10-6-24(28)21-39-12-14-40(15-13-39)26-17-29(30(31(35)41)37-19-26)42-27-16-23-7-11-36-32(23)38-20-27/h2-5,7,11,16-17,19-20H,1,6,8-10,12-15,18,21H2,(H2,35,41)(H,36,38). The first kappa shape index (κ1) is 27.0. The summed E-state index contributed by atoms with van der Waals surface area (Å²) >= 11 is 6.22. The molecule has 1 aliphatic heterocycles. The molecule has 42 heavy (non-hydrogen) atoms. The van der Waals surface area contributed by atoms with Crippen LogP contribution in [0.25, 0.3) is 16.6 Å². The highest BCUT2D eigenvalue weighted by Crippen LogP contribution is 2.55. The number of benzene rings is 1. The number of allylic oxidation sites excluding steroid dienone is 1. The van der Waals surface area contributed by atoms with Gasteiger partial charge < -0.3 is 20.4 Å². The number of rotatable bonds is 7. The third kappa shape index (κ3) is 5.37. The second kappa shape index (κ2) is 11.1. The van der Waals surface area contributed by atoms with Crippen LogP contribution >= 0.6 is 11.6 Å². The van der Waals surface area contributed by atoms with E-state index in [0.717, 1.165) is 54.5 Å². The average molecular weight is 583 g/mol. The van der Waals surface area contributed by atoms with Crippen LogP contribution < -0.4 is 15.4 Å². The number of nitrogens with two attached hydrogens (primary N) is 1. The zero-order valence-electron chi connectivity index (χ0n) is 23.6. The number of carbonyl (C=O) groups is 1. The van der Waals surface area contributed by atoms with Crippen molar-refractivity contribution in [3.63, 3.8) is 0 Å². The normalized spacial score (nSPS) is 18.8. The molecule has 1 aromatic carbocycles. The number of hydrogen-bond donors (Lipinski definition) is 2. The number of fused-ring (bicyclic) bond motifs is 1. The van der Waals surface area contributed by atoms with Crippen LogP contribution in [0.5, 0.6) is 11.5 Å². The molecule has 4 aromatic rings. The molecule has 2 aliphatic carbocycles. The summed E-state index contributed by atoms with van der Waals surface area (Å²) in [5.41, 5.74) is 12.4. The van der Waals surface area contributed by atoms with Gasteiger partial charge >= 0.3 is 0 Å². The van der Waals surface area contributed by atoms with Crippen molar-refractivity contribution in [1.29, 1.82) is 0 Å². The first-order chi connectivity index (χ1) is 20.4. The number of anilines is 1. The number of aromatic nitrogens is 3. The maximum absolute atomic E-state index is 12.1. The summed E-state index contributed by atoms with van der Waals surface area (Å²) in [4.78, 5) is 28.9. The zero-order valence-corrected chi connectivity index (χ0v) is 24.4. The van der Waals surface area contributed by atoms with Gasteiger partial charge in [0.25, 0.3) is 5.91 Å². The fourth-order valence-electron chi connectivity index (χ4n) is 6.80. The van der Waals surface area contributed by atoms with Gasteiger partial charge in [0.15, 0.2) is 11.4 Å². The van der Waals surface area contributed by atoms with E-state index in [1.165, 1.54) is 44.1 Å². The Kier molecular flexibility index (Phi) is 7.12. The lowest BCUT2D eigenvalue weighted by molar-refractivity contribution is 0.0993. The number of ether oxygens (including phenoxy) is 1. The lowest BCUT2D eigenvalue weighted by atomic mass is 9.59. The van der Waals surface area contributed by atoms with Crippen LogP contribution in [0, 0.1) is 5.41 Å². The van der Waals surface area contributed by atoms with E-state index >= 15 is 0 Å². The molecule has 0 unspecified atom stereocenters. The largest absolute Gasteiger partial charge is 0.453 e. The fraction of sp³-hybridized carbons (Fsp3) is 0.364. The summed E-state index contributed by atoms with van der Waals surface area (Å²) < 4.78 is 6.10. The molecular weight excluding hydrogens is 548 g/mol. The first-order valence-corrected chi connectivity index (χ1v) is 15.2. The number of primary amides is 1. The predicted octanol–water partition coefficient (Wildman–Crippen LogP) is 6.43. The second-order valence-corrected chi connectivity index (χ2v) is 12.4. The van der Waals surface area contributed by atoms with E-state index in [1.807, 2.05) is 36.5 Å². The van der Waals surface area contributed by atoms with Gasteiger partial charge in [-0.25, -0.2) is 9.97 Å². The third-order valence-electron chi connectivity index (χ3n) is 9.37. The number of hydrogen-bond acceptors (Lipinski definition) is 6. The van der Waals surface area contributed by atoms with E-state index in [2.05, 4.69) is 36.9 Å². The molecule has 1 amide bonds. The summed E-state index contributed by atoms with van der Waals surface area (Å²) in [6.07, 6.45) is 12.9. The highest BCUT2D eigenvalue weighted by atomic mass is 35.5. The van der Waals surface area contributed by atoms with Gasteiger partial charge in [-0.15, -0.1) is 0 Å². The number of nitrogens with one attached hydrogen (secondary N) is 1. The van der Waals surface area contributed by atoms with Crippen LogP contribution in [-0.4, -0.2) is 58.5 Å².